The maximum Gasteiger partial charge on any atom is 0.418 e. The lowest BCUT2D eigenvalue weighted by molar-refractivity contribution is -0.200. The molecule has 6 atom stereocenters. The van der Waals surface area contributed by atoms with Crippen molar-refractivity contribution >= 4 is 75.8 Å². The number of halogens is 7. The second-order valence-electron chi connectivity index (χ2n) is 17.0. The van der Waals surface area contributed by atoms with Crippen molar-refractivity contribution in [1.82, 2.24) is 30.5 Å². The number of anilines is 1. The van der Waals surface area contributed by atoms with Gasteiger partial charge in [-0.15, -0.1) is 5.10 Å². The number of hydrogen-bond acceptors (Lipinski definition) is 12. The molecule has 2 saturated heterocycles. The van der Waals surface area contributed by atoms with E-state index in [4.69, 9.17) is 38.4 Å². The van der Waals surface area contributed by atoms with Gasteiger partial charge in [0.2, 0.25) is 17.7 Å². The lowest BCUT2D eigenvalue weighted by atomic mass is 9.91. The van der Waals surface area contributed by atoms with Crippen LogP contribution in [0.4, 0.5) is 33.3 Å². The average Bonchev–Trinajstić information content (AvgIpc) is 3.95. The molecule has 0 aliphatic carbocycles. The van der Waals surface area contributed by atoms with Crippen molar-refractivity contribution in [3.63, 3.8) is 0 Å². The first-order valence-corrected chi connectivity index (χ1v) is 22.8. The number of amides is 5. The Morgan fingerprint density at radius 2 is 1.75 bits per heavy atom. The van der Waals surface area contributed by atoms with E-state index in [9.17, 15) is 56.1 Å². The minimum Gasteiger partial charge on any atom is -0.394 e. The Labute approximate surface area is 420 Å². The average molecular weight is 1060 g/mol. The first-order valence-electron chi connectivity index (χ1n) is 22.0. The summed E-state index contributed by atoms with van der Waals surface area (Å²) >= 11 is 11.8. The summed E-state index contributed by atoms with van der Waals surface area (Å²) in [4.78, 5) is 73.6. The summed E-state index contributed by atoms with van der Waals surface area (Å²) in [6.07, 6.45) is -10.3. The Morgan fingerprint density at radius 1 is 1.03 bits per heavy atom. The van der Waals surface area contributed by atoms with Gasteiger partial charge in [-0.3, -0.25) is 29.3 Å². The number of ether oxygens (including phenoxy) is 2. The summed E-state index contributed by atoms with van der Waals surface area (Å²) in [5, 5.41) is 36.8. The third-order valence-electron chi connectivity index (χ3n) is 11.9. The molecule has 0 radical (unpaired) electrons. The molecule has 5 amide bonds. The van der Waals surface area contributed by atoms with Gasteiger partial charge in [0.25, 0.3) is 11.8 Å². The molecule has 3 aliphatic rings. The molecule has 1 unspecified atom stereocenters. The van der Waals surface area contributed by atoms with Crippen LogP contribution in [0.3, 0.4) is 0 Å². The van der Waals surface area contributed by atoms with Crippen LogP contribution >= 0.6 is 23.2 Å². The number of aliphatic hydroxyl groups excluding tert-OH is 2. The Kier molecular flexibility index (Phi) is 15.3. The van der Waals surface area contributed by atoms with Gasteiger partial charge in [-0.2, -0.15) is 13.2 Å². The van der Waals surface area contributed by atoms with Crippen molar-refractivity contribution in [2.75, 3.05) is 18.5 Å². The van der Waals surface area contributed by atoms with Gasteiger partial charge >= 0.3 is 6.18 Å². The van der Waals surface area contributed by atoms with Crippen molar-refractivity contribution in [1.29, 1.82) is 0 Å². The highest BCUT2D eigenvalue weighted by atomic mass is 35.5. The Balaban J connectivity index is 1.00. The Hall–Kier alpha value is -7.22. The summed E-state index contributed by atoms with van der Waals surface area (Å²) in [5.41, 5.74) is 5.74. The normalized spacial score (nSPS) is 21.5. The third-order valence-corrected chi connectivity index (χ3v) is 12.5. The first kappa shape index (κ1) is 52.1. The lowest BCUT2D eigenvalue weighted by Gasteiger charge is -2.43. The zero-order valence-electron chi connectivity index (χ0n) is 37.9. The molecule has 2 fully saturated rings. The molecule has 26 heteroatoms. The van der Waals surface area contributed by atoms with E-state index in [1.54, 1.807) is 30.3 Å². The van der Waals surface area contributed by atoms with E-state index in [0.717, 1.165) is 35.1 Å². The molecular weight excluding hydrogens is 1010 g/mol. The fraction of sp³-hybridized carbons (Fsp3) is 0.298. The molecular formula is C47H41Cl2F5N10O9. The van der Waals surface area contributed by atoms with Crippen molar-refractivity contribution in [3.8, 4) is 11.3 Å². The molecule has 4 heterocycles. The molecule has 73 heavy (non-hydrogen) atoms. The fourth-order valence-corrected chi connectivity index (χ4v) is 8.67. The number of nitrogens with zero attached hydrogens (tertiary/aromatic N) is 6. The van der Waals surface area contributed by atoms with Gasteiger partial charge in [-0.1, -0.05) is 40.5 Å². The highest BCUT2D eigenvalue weighted by molar-refractivity contribution is 6.31. The quantitative estimate of drug-likeness (QED) is 0.0298. The van der Waals surface area contributed by atoms with Gasteiger partial charge < -0.3 is 41.0 Å². The molecule has 0 spiro atoms. The number of piperidine rings is 1. The lowest BCUT2D eigenvalue weighted by Crippen LogP contribution is -2.59. The monoisotopic (exact) mass is 1050 g/mol. The van der Waals surface area contributed by atoms with Crippen LogP contribution in [0, 0.1) is 11.6 Å². The molecule has 1 aromatic heterocycles. The van der Waals surface area contributed by atoms with Crippen LogP contribution in [0.25, 0.3) is 11.3 Å². The zero-order valence-corrected chi connectivity index (χ0v) is 39.4. The first-order chi connectivity index (χ1) is 34.7. The van der Waals surface area contributed by atoms with Crippen LogP contribution in [-0.4, -0.2) is 115 Å². The van der Waals surface area contributed by atoms with E-state index in [2.05, 4.69) is 36.2 Å². The number of aromatic nitrogens is 3. The number of carbonyl (C=O) groups excluding carboxylic acids is 5. The summed E-state index contributed by atoms with van der Waals surface area (Å²) in [7, 11) is 0. The van der Waals surface area contributed by atoms with Crippen molar-refractivity contribution in [3.05, 3.63) is 128 Å². The maximum absolute atomic E-state index is 14.5. The SMILES string of the molecule is CC(N)=NC(=Nc1cc(Cl)ccc1C(F)(F)F)[C@@H]1O[C@H](CO)[C@H](O)[C@H](n2cc(-c3cc(F)c(Cl)c(F)c3)nn2)[C@H]1OCC(=O)NCc1ccc(C(=O)Nc2ccc3c(c2)CN(C2CCC(=O)NC2=O)C3=O)cc1. The molecule has 3 aliphatic heterocycles. The molecule has 7 N–H and O–H groups in total. The highest BCUT2D eigenvalue weighted by Gasteiger charge is 2.50. The Morgan fingerprint density at radius 3 is 2.42 bits per heavy atom. The van der Waals surface area contributed by atoms with Crippen LogP contribution in [0.2, 0.25) is 10.0 Å². The van der Waals surface area contributed by atoms with Crippen molar-refractivity contribution in [2.24, 2.45) is 15.7 Å². The molecule has 19 nitrogen and oxygen atoms in total. The maximum atomic E-state index is 14.5. The summed E-state index contributed by atoms with van der Waals surface area (Å²) in [6, 6.07) is 12.8. The number of rotatable bonds is 13. The second-order valence-corrected chi connectivity index (χ2v) is 17.8. The summed E-state index contributed by atoms with van der Waals surface area (Å²) in [5.74, 6) is -5.69. The molecule has 5 aromatic rings. The number of benzene rings is 4. The number of amidine groups is 2. The van der Waals surface area contributed by atoms with E-state index in [0.29, 0.717) is 28.4 Å². The van der Waals surface area contributed by atoms with Gasteiger partial charge in [0.1, 0.15) is 65.5 Å². The summed E-state index contributed by atoms with van der Waals surface area (Å²) < 4.78 is 85.0. The van der Waals surface area contributed by atoms with Gasteiger partial charge in [0.05, 0.1) is 29.9 Å². The molecule has 4 aromatic carbocycles. The van der Waals surface area contributed by atoms with E-state index >= 15 is 0 Å². The smallest absolute Gasteiger partial charge is 0.394 e. The predicted octanol–water partition coefficient (Wildman–Crippen LogP) is 5.03. The van der Waals surface area contributed by atoms with E-state index in [1.165, 1.54) is 24.0 Å². The van der Waals surface area contributed by atoms with E-state index in [-0.39, 0.29) is 59.5 Å². The van der Waals surface area contributed by atoms with Gasteiger partial charge in [-0.05, 0) is 85.1 Å². The number of carbonyl (C=O) groups is 5. The van der Waals surface area contributed by atoms with Gasteiger partial charge in [0, 0.05) is 46.9 Å². The van der Waals surface area contributed by atoms with Crippen LogP contribution in [0.1, 0.15) is 63.2 Å². The summed E-state index contributed by atoms with van der Waals surface area (Å²) in [6.45, 7) is -0.453. The van der Waals surface area contributed by atoms with Crippen LogP contribution in [-0.2, 0) is 43.1 Å². The van der Waals surface area contributed by atoms with Crippen LogP contribution in [0.5, 0.6) is 0 Å². The van der Waals surface area contributed by atoms with Crippen LogP contribution in [0.15, 0.2) is 89.0 Å². The zero-order chi connectivity index (χ0) is 52.5. The molecule has 0 saturated carbocycles. The molecule has 382 valence electrons. The largest absolute Gasteiger partial charge is 0.418 e. The number of hydrogen-bond donors (Lipinski definition) is 6. The minimum atomic E-state index is -4.95. The van der Waals surface area contributed by atoms with E-state index < -0.39 is 113 Å². The second kappa shape index (κ2) is 21.5. The fourth-order valence-electron chi connectivity index (χ4n) is 8.40. The third kappa shape index (κ3) is 11.5. The van der Waals surface area contributed by atoms with Crippen molar-refractivity contribution in [2.45, 2.75) is 75.5 Å². The van der Waals surface area contributed by atoms with Crippen molar-refractivity contribution < 1.29 is 65.6 Å². The predicted molar refractivity (Wildman–Crippen MR) is 250 cm³/mol. The highest BCUT2D eigenvalue weighted by Crippen LogP contribution is 2.40. The molecule has 8 rings (SSSR count). The number of fused-ring (bicyclic) bond motifs is 1. The number of imide groups is 1. The van der Waals surface area contributed by atoms with E-state index in [1.807, 2.05) is 0 Å². The number of nitrogens with two attached hydrogens (primary N) is 1. The number of alkyl halides is 3. The Bertz CT molecular complexity index is 3040. The minimum absolute atomic E-state index is 0.1000. The molecule has 0 bridgehead atoms. The number of nitrogens with one attached hydrogen (secondary N) is 3. The topological polar surface area (TPSA) is 265 Å². The number of aliphatic imine (C=N–C) groups is 2. The van der Waals surface area contributed by atoms with Gasteiger partial charge in [0.15, 0.2) is 5.84 Å². The van der Waals surface area contributed by atoms with Gasteiger partial charge in [-0.25, -0.2) is 23.4 Å². The number of aliphatic hydroxyl groups is 2. The van der Waals surface area contributed by atoms with Crippen LogP contribution < -0.4 is 21.7 Å². The standard InChI is InChI=1S/C47H41Cl2F5N10O9/c1-21(55)57-43(59-32-15-26(48)6-9-29(32)47(52,53)54)42-41(39(40(68)35(19-65)73-42)64-18-33(61-62-64)24-13-30(50)38(49)31(51)14-24)72-20-37(67)56-16-22-2-4-23(5-3-22)44(69)58-27-7-8-28-25(12-27)17-63(46(28)71)34-10-11-36(66)60-45(34)70/h2-9,12-15,18,34-35,39-42,65,68H,10-11,16-17,19-20H2,1H3,(H,56,67)(H,58,69)(H2,55,57,59)(H,60,66,70)/t34?,35-,39+,40+,41-,42-/m1/s1.